The van der Waals surface area contributed by atoms with Crippen molar-refractivity contribution >= 4 is 32.7 Å². The molecule has 0 aliphatic carbocycles. The van der Waals surface area contributed by atoms with Gasteiger partial charge in [0, 0.05) is 34.9 Å². The summed E-state index contributed by atoms with van der Waals surface area (Å²) in [7, 11) is 3.79. The quantitative estimate of drug-likeness (QED) is 0.520. The van der Waals surface area contributed by atoms with Crippen LogP contribution in [0.3, 0.4) is 0 Å². The van der Waals surface area contributed by atoms with Gasteiger partial charge in [-0.2, -0.15) is 0 Å². The van der Waals surface area contributed by atoms with Crippen LogP contribution in [0.4, 0.5) is 0 Å². The maximum Gasteiger partial charge on any atom is 0.119 e. The first-order valence-electron chi connectivity index (χ1n) is 6.59. The summed E-state index contributed by atoms with van der Waals surface area (Å²) in [5.41, 5.74) is 3.41. The van der Waals surface area contributed by atoms with Crippen LogP contribution < -0.4 is 4.74 Å². The van der Waals surface area contributed by atoms with E-state index in [0.717, 1.165) is 16.7 Å². The molecule has 0 amide bonds. The molecule has 2 aromatic carbocycles. The van der Waals surface area contributed by atoms with Crippen LogP contribution in [0, 0.1) is 0 Å². The van der Waals surface area contributed by atoms with E-state index >= 15 is 0 Å². The lowest BCUT2D eigenvalue weighted by molar-refractivity contribution is 0.415. The van der Waals surface area contributed by atoms with E-state index in [1.807, 2.05) is 18.3 Å². The largest absolute Gasteiger partial charge is 0.497 e. The molecular weight excluding hydrogens is 248 g/mol. The maximum absolute atomic E-state index is 5.34. The second-order valence-corrected chi connectivity index (χ2v) is 4.98. The fraction of sp³-hybridized carbons (Fsp3) is 0.118. The molecule has 98 valence electrons. The van der Waals surface area contributed by atoms with Crippen LogP contribution in [0.1, 0.15) is 0 Å². The highest BCUT2D eigenvalue weighted by Gasteiger charge is 2.12. The molecule has 0 atom stereocenters. The third-order valence-corrected chi connectivity index (χ3v) is 3.94. The molecule has 2 heterocycles. The lowest BCUT2D eigenvalue weighted by atomic mass is 10.1. The van der Waals surface area contributed by atoms with E-state index in [0.29, 0.717) is 0 Å². The van der Waals surface area contributed by atoms with Crippen molar-refractivity contribution < 1.29 is 4.74 Å². The average Bonchev–Trinajstić information content (AvgIpc) is 2.80. The Labute approximate surface area is 116 Å². The third-order valence-electron chi connectivity index (χ3n) is 3.94. The average molecular weight is 262 g/mol. The van der Waals surface area contributed by atoms with Crippen molar-refractivity contribution in [2.45, 2.75) is 0 Å². The highest BCUT2D eigenvalue weighted by molar-refractivity contribution is 6.16. The highest BCUT2D eigenvalue weighted by atomic mass is 16.5. The maximum atomic E-state index is 5.34. The van der Waals surface area contributed by atoms with E-state index in [-0.39, 0.29) is 0 Å². The van der Waals surface area contributed by atoms with Gasteiger partial charge in [-0.25, -0.2) is 0 Å². The number of hydrogen-bond acceptors (Lipinski definition) is 2. The fourth-order valence-electron chi connectivity index (χ4n) is 2.96. The minimum Gasteiger partial charge on any atom is -0.497 e. The molecule has 0 radical (unpaired) electrons. The number of nitrogens with zero attached hydrogens (tertiary/aromatic N) is 2. The predicted molar refractivity (Wildman–Crippen MR) is 82.3 cm³/mol. The normalized spacial score (nSPS) is 11.5. The number of ether oxygens (including phenoxy) is 1. The van der Waals surface area contributed by atoms with Crippen molar-refractivity contribution in [3.63, 3.8) is 0 Å². The molecule has 3 nitrogen and oxygen atoms in total. The van der Waals surface area contributed by atoms with Crippen LogP contribution in [0.5, 0.6) is 5.75 Å². The molecule has 0 aliphatic rings. The highest BCUT2D eigenvalue weighted by Crippen LogP contribution is 2.34. The van der Waals surface area contributed by atoms with Gasteiger partial charge in [-0.05, 0) is 24.3 Å². The van der Waals surface area contributed by atoms with E-state index in [2.05, 4.69) is 46.9 Å². The molecule has 0 bridgehead atoms. The summed E-state index contributed by atoms with van der Waals surface area (Å²) < 4.78 is 7.55. The van der Waals surface area contributed by atoms with Crippen LogP contribution >= 0.6 is 0 Å². The van der Waals surface area contributed by atoms with E-state index in [1.165, 1.54) is 21.8 Å². The smallest absolute Gasteiger partial charge is 0.119 e. The van der Waals surface area contributed by atoms with E-state index in [1.54, 1.807) is 7.11 Å². The van der Waals surface area contributed by atoms with Crippen LogP contribution in [-0.2, 0) is 7.05 Å². The Morgan fingerprint density at radius 2 is 1.95 bits per heavy atom. The minimum atomic E-state index is 0.881. The topological polar surface area (TPSA) is 27.1 Å². The summed E-state index contributed by atoms with van der Waals surface area (Å²) in [4.78, 5) is 4.56. The minimum absolute atomic E-state index is 0.881. The molecule has 3 heteroatoms. The van der Waals surface area contributed by atoms with Gasteiger partial charge in [0.1, 0.15) is 5.75 Å². The van der Waals surface area contributed by atoms with Gasteiger partial charge >= 0.3 is 0 Å². The molecular formula is C17H14N2O. The van der Waals surface area contributed by atoms with Crippen LogP contribution in [-0.4, -0.2) is 16.7 Å². The summed E-state index contributed by atoms with van der Waals surface area (Å²) in [5.74, 6) is 0.881. The van der Waals surface area contributed by atoms with Crippen LogP contribution in [0.25, 0.3) is 32.7 Å². The predicted octanol–water partition coefficient (Wildman–Crippen LogP) is 3.89. The monoisotopic (exact) mass is 262 g/mol. The molecule has 20 heavy (non-hydrogen) atoms. The molecule has 0 N–H and O–H groups in total. The Balaban J connectivity index is 2.27. The van der Waals surface area contributed by atoms with Gasteiger partial charge in [-0.15, -0.1) is 0 Å². The number of pyridine rings is 1. The van der Waals surface area contributed by atoms with Crippen molar-refractivity contribution in [2.75, 3.05) is 7.11 Å². The van der Waals surface area contributed by atoms with E-state index in [9.17, 15) is 0 Å². The third kappa shape index (κ3) is 1.37. The molecule has 4 rings (SSSR count). The molecule has 0 aliphatic heterocycles. The van der Waals surface area contributed by atoms with E-state index in [4.69, 9.17) is 4.74 Å². The summed E-state index contributed by atoms with van der Waals surface area (Å²) in [5, 5.41) is 3.58. The number of methoxy groups -OCH3 is 1. The number of fused-ring (bicyclic) bond motifs is 5. The number of rotatable bonds is 1. The second kappa shape index (κ2) is 3.97. The van der Waals surface area contributed by atoms with Gasteiger partial charge in [0.15, 0.2) is 0 Å². The summed E-state index contributed by atoms with van der Waals surface area (Å²) in [6.45, 7) is 0. The number of aryl methyl sites for hydroxylation is 1. The lowest BCUT2D eigenvalue weighted by Gasteiger charge is -2.02. The van der Waals surface area contributed by atoms with Crippen molar-refractivity contribution in [1.29, 1.82) is 0 Å². The van der Waals surface area contributed by atoms with E-state index < -0.39 is 0 Å². The van der Waals surface area contributed by atoms with Crippen LogP contribution in [0.15, 0.2) is 48.7 Å². The SMILES string of the molecule is COc1ccc2c(c1)c1ccc3cccnc3c1n2C. The zero-order valence-electron chi connectivity index (χ0n) is 11.4. The Bertz CT molecular complexity index is 953. The van der Waals surface area contributed by atoms with Gasteiger partial charge in [-0.1, -0.05) is 18.2 Å². The molecule has 4 aromatic rings. The molecule has 2 aromatic heterocycles. The fourth-order valence-corrected chi connectivity index (χ4v) is 2.96. The zero-order valence-corrected chi connectivity index (χ0v) is 11.4. The molecule has 0 saturated heterocycles. The summed E-state index contributed by atoms with van der Waals surface area (Å²) in [6.07, 6.45) is 1.85. The van der Waals surface area contributed by atoms with Gasteiger partial charge in [0.05, 0.1) is 18.1 Å². The molecule has 0 spiro atoms. The van der Waals surface area contributed by atoms with Gasteiger partial charge in [0.2, 0.25) is 0 Å². The van der Waals surface area contributed by atoms with Crippen molar-refractivity contribution in [3.8, 4) is 5.75 Å². The summed E-state index contributed by atoms with van der Waals surface area (Å²) in [6, 6.07) is 14.6. The first kappa shape index (κ1) is 11.3. The van der Waals surface area contributed by atoms with Crippen molar-refractivity contribution in [2.24, 2.45) is 7.05 Å². The van der Waals surface area contributed by atoms with Gasteiger partial charge in [-0.3, -0.25) is 4.98 Å². The Kier molecular flexibility index (Phi) is 2.24. The molecule has 0 saturated carbocycles. The number of hydrogen-bond donors (Lipinski definition) is 0. The van der Waals surface area contributed by atoms with Gasteiger partial charge in [0.25, 0.3) is 0 Å². The first-order valence-corrected chi connectivity index (χ1v) is 6.59. The standard InChI is InChI=1S/C17H14N2O/c1-19-15-8-6-12(20-2)10-14(15)13-7-5-11-4-3-9-18-16(11)17(13)19/h3-10H,1-2H3. The van der Waals surface area contributed by atoms with Crippen molar-refractivity contribution in [3.05, 3.63) is 48.7 Å². The number of aromatic nitrogens is 2. The molecule has 0 fully saturated rings. The second-order valence-electron chi connectivity index (χ2n) is 4.98. The Hall–Kier alpha value is -2.55. The lowest BCUT2D eigenvalue weighted by Crippen LogP contribution is -1.89. The first-order chi connectivity index (χ1) is 9.79. The number of benzene rings is 2. The Morgan fingerprint density at radius 1 is 1.05 bits per heavy atom. The zero-order chi connectivity index (χ0) is 13.7. The van der Waals surface area contributed by atoms with Gasteiger partial charge < -0.3 is 9.30 Å². The molecule has 0 unspecified atom stereocenters. The van der Waals surface area contributed by atoms with Crippen molar-refractivity contribution in [1.82, 2.24) is 9.55 Å². The Morgan fingerprint density at radius 3 is 2.80 bits per heavy atom. The van der Waals surface area contributed by atoms with Crippen LogP contribution in [0.2, 0.25) is 0 Å². The summed E-state index contributed by atoms with van der Waals surface area (Å²) >= 11 is 0.